The third kappa shape index (κ3) is 3.77. The zero-order valence-electron chi connectivity index (χ0n) is 12.5. The van der Waals surface area contributed by atoms with E-state index in [9.17, 15) is 13.2 Å². The van der Waals surface area contributed by atoms with E-state index in [1.54, 1.807) is 12.1 Å². The van der Waals surface area contributed by atoms with Gasteiger partial charge in [-0.3, -0.25) is 4.90 Å². The highest BCUT2D eigenvalue weighted by Gasteiger charge is 2.35. The molecule has 1 aliphatic carbocycles. The summed E-state index contributed by atoms with van der Waals surface area (Å²) in [5.41, 5.74) is 5.72. The molecule has 21 heavy (non-hydrogen) atoms. The Bertz CT molecular complexity index is 465. The van der Waals surface area contributed by atoms with Crippen LogP contribution in [0.15, 0.2) is 24.3 Å². The first-order valence-electron chi connectivity index (χ1n) is 7.44. The van der Waals surface area contributed by atoms with Crippen LogP contribution in [0.3, 0.4) is 0 Å². The first-order chi connectivity index (χ1) is 9.80. The highest BCUT2D eigenvalue weighted by molar-refractivity contribution is 5.32. The normalized spacial score (nSPS) is 25.1. The highest BCUT2D eigenvalue weighted by atomic mass is 19.4. The molecule has 0 saturated heterocycles. The van der Waals surface area contributed by atoms with Crippen molar-refractivity contribution in [2.75, 3.05) is 7.05 Å². The van der Waals surface area contributed by atoms with Crippen molar-refractivity contribution in [1.29, 1.82) is 0 Å². The van der Waals surface area contributed by atoms with Crippen LogP contribution >= 0.6 is 0 Å². The predicted octanol–water partition coefficient (Wildman–Crippen LogP) is 3.97. The molecule has 1 unspecified atom stereocenters. The van der Waals surface area contributed by atoms with Crippen LogP contribution in [0.5, 0.6) is 0 Å². The van der Waals surface area contributed by atoms with E-state index < -0.39 is 11.7 Å². The number of halogens is 3. The molecule has 0 spiro atoms. The van der Waals surface area contributed by atoms with Gasteiger partial charge >= 0.3 is 6.18 Å². The molecule has 0 heterocycles. The van der Waals surface area contributed by atoms with Crippen LogP contribution in [-0.4, -0.2) is 24.0 Å². The lowest BCUT2D eigenvalue weighted by Gasteiger charge is -2.38. The summed E-state index contributed by atoms with van der Waals surface area (Å²) in [4.78, 5) is 2.07. The second-order valence-corrected chi connectivity index (χ2v) is 6.00. The quantitative estimate of drug-likeness (QED) is 0.915. The number of nitrogens with zero attached hydrogens (tertiary/aromatic N) is 1. The van der Waals surface area contributed by atoms with Gasteiger partial charge in [-0.15, -0.1) is 0 Å². The fraction of sp³-hybridized carbons (Fsp3) is 0.625. The van der Waals surface area contributed by atoms with Gasteiger partial charge in [0.15, 0.2) is 0 Å². The Morgan fingerprint density at radius 3 is 2.29 bits per heavy atom. The average molecular weight is 300 g/mol. The maximum absolute atomic E-state index is 13.1. The molecule has 1 aliphatic rings. The molecule has 1 aromatic carbocycles. The molecule has 1 fully saturated rings. The van der Waals surface area contributed by atoms with Crippen molar-refractivity contribution in [3.8, 4) is 0 Å². The summed E-state index contributed by atoms with van der Waals surface area (Å²) in [5, 5.41) is 0. The lowest BCUT2D eigenvalue weighted by Crippen LogP contribution is -2.40. The van der Waals surface area contributed by atoms with E-state index in [1.165, 1.54) is 6.07 Å². The molecule has 1 atom stereocenters. The van der Waals surface area contributed by atoms with Crippen molar-refractivity contribution in [3.63, 3.8) is 0 Å². The molecule has 0 radical (unpaired) electrons. The maximum atomic E-state index is 13.1. The first kappa shape index (κ1) is 16.3. The van der Waals surface area contributed by atoms with Crippen molar-refractivity contribution < 1.29 is 13.2 Å². The van der Waals surface area contributed by atoms with Crippen molar-refractivity contribution in [2.45, 2.75) is 56.9 Å². The standard InChI is InChI=1S/C16H23F3N2/c1-11(21(2)13-9-7-12(20)8-10-13)14-5-3-4-6-15(14)16(17,18)19/h3-6,11-13H,7-10,20H2,1-2H3. The van der Waals surface area contributed by atoms with E-state index in [2.05, 4.69) is 4.90 Å². The second-order valence-electron chi connectivity index (χ2n) is 6.00. The van der Waals surface area contributed by atoms with Crippen LogP contribution in [0.25, 0.3) is 0 Å². The molecule has 2 nitrogen and oxygen atoms in total. The molecule has 0 aromatic heterocycles. The Hall–Kier alpha value is -1.07. The largest absolute Gasteiger partial charge is 0.416 e. The van der Waals surface area contributed by atoms with Crippen molar-refractivity contribution in [2.24, 2.45) is 5.73 Å². The number of benzene rings is 1. The Kier molecular flexibility index (Phi) is 4.94. The summed E-state index contributed by atoms with van der Waals surface area (Å²) < 4.78 is 39.4. The van der Waals surface area contributed by atoms with Gasteiger partial charge in [-0.05, 0) is 51.3 Å². The molecular formula is C16H23F3N2. The minimum Gasteiger partial charge on any atom is -0.328 e. The summed E-state index contributed by atoms with van der Waals surface area (Å²) in [6.45, 7) is 1.85. The first-order valence-corrected chi connectivity index (χ1v) is 7.44. The molecule has 1 saturated carbocycles. The van der Waals surface area contributed by atoms with Crippen LogP contribution in [0, 0.1) is 0 Å². The third-order valence-electron chi connectivity index (χ3n) is 4.64. The maximum Gasteiger partial charge on any atom is 0.416 e. The van der Waals surface area contributed by atoms with Gasteiger partial charge < -0.3 is 5.73 Å². The van der Waals surface area contributed by atoms with E-state index in [1.807, 2.05) is 14.0 Å². The van der Waals surface area contributed by atoms with E-state index in [0.717, 1.165) is 31.7 Å². The zero-order valence-corrected chi connectivity index (χ0v) is 12.5. The summed E-state index contributed by atoms with van der Waals surface area (Å²) in [7, 11) is 1.92. The summed E-state index contributed by atoms with van der Waals surface area (Å²) >= 11 is 0. The van der Waals surface area contributed by atoms with Crippen LogP contribution < -0.4 is 5.73 Å². The van der Waals surface area contributed by atoms with Gasteiger partial charge in [0.25, 0.3) is 0 Å². The van der Waals surface area contributed by atoms with E-state index >= 15 is 0 Å². The monoisotopic (exact) mass is 300 g/mol. The molecule has 1 aromatic rings. The van der Waals surface area contributed by atoms with E-state index in [0.29, 0.717) is 11.6 Å². The van der Waals surface area contributed by atoms with Crippen molar-refractivity contribution in [3.05, 3.63) is 35.4 Å². The fourth-order valence-corrected chi connectivity index (χ4v) is 3.16. The van der Waals surface area contributed by atoms with Crippen LogP contribution in [-0.2, 0) is 6.18 Å². The summed E-state index contributed by atoms with van der Waals surface area (Å²) in [6.07, 6.45) is -0.502. The molecule has 0 bridgehead atoms. The number of alkyl halides is 3. The zero-order chi connectivity index (χ0) is 15.6. The van der Waals surface area contributed by atoms with Gasteiger partial charge in [-0.2, -0.15) is 13.2 Å². The lowest BCUT2D eigenvalue weighted by molar-refractivity contribution is -0.138. The van der Waals surface area contributed by atoms with E-state index in [4.69, 9.17) is 5.73 Å². The Morgan fingerprint density at radius 1 is 1.14 bits per heavy atom. The molecule has 0 aliphatic heterocycles. The number of hydrogen-bond acceptors (Lipinski definition) is 2. The lowest BCUT2D eigenvalue weighted by atomic mass is 9.89. The molecule has 118 valence electrons. The Morgan fingerprint density at radius 2 is 1.71 bits per heavy atom. The van der Waals surface area contributed by atoms with Gasteiger partial charge in [0.2, 0.25) is 0 Å². The highest BCUT2D eigenvalue weighted by Crippen LogP contribution is 2.37. The Balaban J connectivity index is 2.18. The molecule has 2 rings (SSSR count). The fourth-order valence-electron chi connectivity index (χ4n) is 3.16. The second kappa shape index (κ2) is 6.36. The third-order valence-corrected chi connectivity index (χ3v) is 4.64. The minimum atomic E-state index is -4.30. The molecular weight excluding hydrogens is 277 g/mol. The predicted molar refractivity (Wildman–Crippen MR) is 77.9 cm³/mol. The number of rotatable bonds is 3. The van der Waals surface area contributed by atoms with Crippen molar-refractivity contribution >= 4 is 0 Å². The number of hydrogen-bond donors (Lipinski definition) is 1. The SMILES string of the molecule is CC(c1ccccc1C(F)(F)F)N(C)C1CCC(N)CC1. The van der Waals surface area contributed by atoms with Crippen LogP contribution in [0.1, 0.15) is 49.8 Å². The van der Waals surface area contributed by atoms with Gasteiger partial charge in [0, 0.05) is 18.1 Å². The Labute approximate surface area is 124 Å². The molecule has 2 N–H and O–H groups in total. The van der Waals surface area contributed by atoms with Crippen LogP contribution in [0.2, 0.25) is 0 Å². The van der Waals surface area contributed by atoms with Gasteiger partial charge in [-0.25, -0.2) is 0 Å². The van der Waals surface area contributed by atoms with Gasteiger partial charge in [-0.1, -0.05) is 18.2 Å². The van der Waals surface area contributed by atoms with Gasteiger partial charge in [0.1, 0.15) is 0 Å². The van der Waals surface area contributed by atoms with Gasteiger partial charge in [0.05, 0.1) is 5.56 Å². The summed E-state index contributed by atoms with van der Waals surface area (Å²) in [6, 6.07) is 6.15. The molecule has 0 amide bonds. The smallest absolute Gasteiger partial charge is 0.328 e. The minimum absolute atomic E-state index is 0.243. The van der Waals surface area contributed by atoms with Crippen molar-refractivity contribution in [1.82, 2.24) is 4.90 Å². The molecule has 5 heteroatoms. The van der Waals surface area contributed by atoms with Crippen LogP contribution in [0.4, 0.5) is 13.2 Å². The summed E-state index contributed by atoms with van der Waals surface area (Å²) in [5.74, 6) is 0. The topological polar surface area (TPSA) is 29.3 Å². The number of nitrogens with two attached hydrogens (primary N) is 1. The average Bonchev–Trinajstić information content (AvgIpc) is 2.45. The van der Waals surface area contributed by atoms with E-state index in [-0.39, 0.29) is 12.1 Å².